The lowest BCUT2D eigenvalue weighted by molar-refractivity contribution is 1.25. The molecule has 2 rings (SSSR count). The number of aromatic nitrogens is 1. The van der Waals surface area contributed by atoms with E-state index in [1.54, 1.807) is 0 Å². The zero-order valence-corrected chi connectivity index (χ0v) is 5.54. The van der Waals surface area contributed by atoms with Crippen LogP contribution in [-0.2, 0) is 0 Å². The van der Waals surface area contributed by atoms with E-state index in [1.165, 1.54) is 11.3 Å². The molecule has 2 heterocycles. The van der Waals surface area contributed by atoms with Gasteiger partial charge in [0.2, 0.25) is 0 Å². The summed E-state index contributed by atoms with van der Waals surface area (Å²) >= 11 is 0. The van der Waals surface area contributed by atoms with Crippen LogP contribution in [-0.4, -0.2) is 17.7 Å². The molecule has 0 atom stereocenters. The van der Waals surface area contributed by atoms with Gasteiger partial charge in [0, 0.05) is 18.1 Å². The normalized spacial score (nSPS) is 15.8. The Hall–Kier alpha value is -1.31. The molecule has 0 saturated carbocycles. The van der Waals surface area contributed by atoms with Crippen molar-refractivity contribution < 1.29 is 0 Å². The molecule has 2 heteroatoms. The molecule has 0 bridgehead atoms. The summed E-state index contributed by atoms with van der Waals surface area (Å²) in [6.45, 7) is 0.820. The van der Waals surface area contributed by atoms with Gasteiger partial charge in [-0.3, -0.25) is 4.99 Å². The highest BCUT2D eigenvalue weighted by Crippen LogP contribution is 2.13. The summed E-state index contributed by atoms with van der Waals surface area (Å²) in [4.78, 5) is 7.21. The summed E-state index contributed by atoms with van der Waals surface area (Å²) in [5.74, 6) is 0. The smallest absolute Gasteiger partial charge is 0.0660 e. The molecular weight excluding hydrogens is 124 g/mol. The Bertz CT molecular complexity index is 267. The Morgan fingerprint density at radius 3 is 3.10 bits per heavy atom. The standard InChI is InChI=1S/C8H8N2/c1-2-8(10-4-1)7-3-5-9-6-7/h1-5,10H,6H2. The van der Waals surface area contributed by atoms with Gasteiger partial charge in [-0.25, -0.2) is 0 Å². The molecule has 2 nitrogen and oxygen atoms in total. The minimum atomic E-state index is 0.820. The first-order valence-electron chi connectivity index (χ1n) is 3.29. The maximum absolute atomic E-state index is 4.08. The molecule has 50 valence electrons. The van der Waals surface area contributed by atoms with Crippen molar-refractivity contribution in [3.8, 4) is 0 Å². The molecule has 0 saturated heterocycles. The minimum Gasteiger partial charge on any atom is -0.361 e. The van der Waals surface area contributed by atoms with Gasteiger partial charge in [0.1, 0.15) is 0 Å². The van der Waals surface area contributed by atoms with Gasteiger partial charge < -0.3 is 4.98 Å². The highest BCUT2D eigenvalue weighted by molar-refractivity contribution is 5.88. The van der Waals surface area contributed by atoms with Crippen molar-refractivity contribution in [2.45, 2.75) is 0 Å². The molecule has 1 aromatic heterocycles. The highest BCUT2D eigenvalue weighted by Gasteiger charge is 2.02. The second-order valence-electron chi connectivity index (χ2n) is 2.27. The van der Waals surface area contributed by atoms with Gasteiger partial charge >= 0.3 is 0 Å². The monoisotopic (exact) mass is 132 g/mol. The third kappa shape index (κ3) is 0.778. The summed E-state index contributed by atoms with van der Waals surface area (Å²) in [7, 11) is 0. The average molecular weight is 132 g/mol. The van der Waals surface area contributed by atoms with Crippen molar-refractivity contribution >= 4 is 11.8 Å². The average Bonchev–Trinajstić information content (AvgIpc) is 2.59. The van der Waals surface area contributed by atoms with E-state index < -0.39 is 0 Å². The Kier molecular flexibility index (Phi) is 1.17. The van der Waals surface area contributed by atoms with E-state index in [9.17, 15) is 0 Å². The summed E-state index contributed by atoms with van der Waals surface area (Å²) in [6, 6.07) is 4.05. The van der Waals surface area contributed by atoms with Crippen LogP contribution in [0, 0.1) is 0 Å². The number of rotatable bonds is 1. The van der Waals surface area contributed by atoms with Gasteiger partial charge in [-0.1, -0.05) is 0 Å². The van der Waals surface area contributed by atoms with Crippen LogP contribution in [0.3, 0.4) is 0 Å². The zero-order chi connectivity index (χ0) is 6.81. The molecule has 0 aromatic carbocycles. The summed E-state index contributed by atoms with van der Waals surface area (Å²) in [5, 5.41) is 0. The molecule has 1 aliphatic rings. The fraction of sp³-hybridized carbons (Fsp3) is 0.125. The Labute approximate surface area is 59.3 Å². The number of allylic oxidation sites excluding steroid dienone is 1. The SMILES string of the molecule is C1=NCC(c2ccc[nH]2)=C1. The van der Waals surface area contributed by atoms with Crippen LogP contribution in [0.1, 0.15) is 5.69 Å². The van der Waals surface area contributed by atoms with Crippen molar-refractivity contribution in [2.75, 3.05) is 6.54 Å². The van der Waals surface area contributed by atoms with Crippen LogP contribution >= 0.6 is 0 Å². The van der Waals surface area contributed by atoms with Crippen LogP contribution < -0.4 is 0 Å². The van der Waals surface area contributed by atoms with Crippen molar-refractivity contribution in [2.24, 2.45) is 4.99 Å². The first-order chi connectivity index (χ1) is 4.97. The molecule has 1 aliphatic heterocycles. The van der Waals surface area contributed by atoms with E-state index in [4.69, 9.17) is 0 Å². The topological polar surface area (TPSA) is 28.1 Å². The van der Waals surface area contributed by atoms with E-state index in [2.05, 4.69) is 16.0 Å². The third-order valence-electron chi connectivity index (χ3n) is 1.59. The van der Waals surface area contributed by atoms with E-state index in [1.807, 2.05) is 24.6 Å². The molecule has 0 unspecified atom stereocenters. The lowest BCUT2D eigenvalue weighted by atomic mass is 10.2. The maximum atomic E-state index is 4.08. The number of aliphatic imine (C=N–C) groups is 1. The number of aromatic amines is 1. The predicted octanol–water partition coefficient (Wildman–Crippen LogP) is 1.48. The molecule has 0 fully saturated rings. The van der Waals surface area contributed by atoms with Crippen LogP contribution in [0.5, 0.6) is 0 Å². The first-order valence-corrected chi connectivity index (χ1v) is 3.29. The Morgan fingerprint density at radius 1 is 1.50 bits per heavy atom. The third-order valence-corrected chi connectivity index (χ3v) is 1.59. The van der Waals surface area contributed by atoms with Crippen LogP contribution in [0.2, 0.25) is 0 Å². The van der Waals surface area contributed by atoms with Crippen molar-refractivity contribution in [1.29, 1.82) is 0 Å². The van der Waals surface area contributed by atoms with Crippen LogP contribution in [0.4, 0.5) is 0 Å². The van der Waals surface area contributed by atoms with Crippen molar-refractivity contribution in [3.05, 3.63) is 30.1 Å². The second-order valence-corrected chi connectivity index (χ2v) is 2.27. The van der Waals surface area contributed by atoms with Gasteiger partial charge in [-0.2, -0.15) is 0 Å². The predicted molar refractivity (Wildman–Crippen MR) is 42.1 cm³/mol. The maximum Gasteiger partial charge on any atom is 0.0660 e. The van der Waals surface area contributed by atoms with E-state index >= 15 is 0 Å². The number of H-pyrrole nitrogens is 1. The van der Waals surface area contributed by atoms with Gasteiger partial charge in [-0.15, -0.1) is 0 Å². The Morgan fingerprint density at radius 2 is 2.50 bits per heavy atom. The van der Waals surface area contributed by atoms with Crippen molar-refractivity contribution in [3.63, 3.8) is 0 Å². The summed E-state index contributed by atoms with van der Waals surface area (Å²) < 4.78 is 0. The quantitative estimate of drug-likeness (QED) is 0.599. The van der Waals surface area contributed by atoms with Crippen LogP contribution in [0.15, 0.2) is 29.4 Å². The lowest BCUT2D eigenvalue weighted by Crippen LogP contribution is -1.83. The number of nitrogens with one attached hydrogen (secondary N) is 1. The summed E-state index contributed by atoms with van der Waals surface area (Å²) in [5.41, 5.74) is 2.45. The highest BCUT2D eigenvalue weighted by atomic mass is 14.8. The molecule has 0 aliphatic carbocycles. The summed E-state index contributed by atoms with van der Waals surface area (Å²) in [6.07, 6.45) is 5.80. The fourth-order valence-corrected chi connectivity index (χ4v) is 1.05. The van der Waals surface area contributed by atoms with E-state index in [0.29, 0.717) is 0 Å². The van der Waals surface area contributed by atoms with Gasteiger partial charge in [0.25, 0.3) is 0 Å². The molecule has 1 N–H and O–H groups in total. The lowest BCUT2D eigenvalue weighted by Gasteiger charge is -1.93. The van der Waals surface area contributed by atoms with Crippen LogP contribution in [0.25, 0.3) is 5.57 Å². The molecule has 10 heavy (non-hydrogen) atoms. The second kappa shape index (κ2) is 2.14. The Balaban J connectivity index is 2.30. The molecule has 0 spiro atoms. The van der Waals surface area contributed by atoms with Gasteiger partial charge in [0.05, 0.1) is 6.54 Å². The molecule has 0 radical (unpaired) electrons. The molecular formula is C8H8N2. The van der Waals surface area contributed by atoms with Gasteiger partial charge in [0.15, 0.2) is 0 Å². The number of hydrogen-bond acceptors (Lipinski definition) is 1. The first kappa shape index (κ1) is 5.47. The number of hydrogen-bond donors (Lipinski definition) is 1. The largest absolute Gasteiger partial charge is 0.361 e. The van der Waals surface area contributed by atoms with Gasteiger partial charge in [-0.05, 0) is 23.8 Å². The molecule has 0 amide bonds. The fourth-order valence-electron chi connectivity index (χ4n) is 1.05. The zero-order valence-electron chi connectivity index (χ0n) is 5.54. The van der Waals surface area contributed by atoms with Crippen molar-refractivity contribution in [1.82, 2.24) is 4.98 Å². The number of nitrogens with zero attached hydrogens (tertiary/aromatic N) is 1. The van der Waals surface area contributed by atoms with E-state index in [0.717, 1.165) is 6.54 Å². The van der Waals surface area contributed by atoms with E-state index in [-0.39, 0.29) is 0 Å². The minimum absolute atomic E-state index is 0.820. The molecule has 1 aromatic rings.